The van der Waals surface area contributed by atoms with E-state index in [0.717, 1.165) is 10.8 Å². The van der Waals surface area contributed by atoms with Gasteiger partial charge < -0.3 is 4.18 Å². The molecule has 12 heteroatoms. The second-order valence-corrected chi connectivity index (χ2v) is 5.95. The Kier molecular flexibility index (Phi) is 3.14. The third-order valence-electron chi connectivity index (χ3n) is 2.62. The Labute approximate surface area is 125 Å². The van der Waals surface area contributed by atoms with Gasteiger partial charge in [-0.05, 0) is 12.1 Å². The van der Waals surface area contributed by atoms with Crippen LogP contribution in [0.4, 0.5) is 13.2 Å². The quantitative estimate of drug-likeness (QED) is 0.519. The molecule has 0 unspecified atom stereocenters. The summed E-state index contributed by atoms with van der Waals surface area (Å²) >= 11 is 5.91. The Morgan fingerprint density at radius 3 is 2.68 bits per heavy atom. The zero-order valence-electron chi connectivity index (χ0n) is 10.2. The van der Waals surface area contributed by atoms with Gasteiger partial charge in [0.1, 0.15) is 11.8 Å². The van der Waals surface area contributed by atoms with Crippen LogP contribution < -0.4 is 4.18 Å². The second-order valence-electron chi connectivity index (χ2n) is 4.00. The average molecular weight is 353 g/mol. The Hall–Kier alpha value is -2.14. The molecule has 0 saturated heterocycles. The van der Waals surface area contributed by atoms with Crippen molar-refractivity contribution in [3.63, 3.8) is 0 Å². The first-order chi connectivity index (χ1) is 10.2. The van der Waals surface area contributed by atoms with Gasteiger partial charge in [-0.1, -0.05) is 17.7 Å². The van der Waals surface area contributed by atoms with Crippen LogP contribution in [0.3, 0.4) is 0 Å². The van der Waals surface area contributed by atoms with Crippen LogP contribution in [0.5, 0.6) is 5.88 Å². The summed E-state index contributed by atoms with van der Waals surface area (Å²) in [5.74, 6) is -0.865. The standard InChI is InChI=1S/C10H4ClF3N4O3S/c11-5-2-1-3-6-7(5)17-9(8-15-4-16-18(6)8)21-22(19,20)10(12,13)14/h1-4H. The first-order valence-corrected chi connectivity index (χ1v) is 7.28. The maximum absolute atomic E-state index is 12.4. The number of nitrogens with zero attached hydrogens (tertiary/aromatic N) is 4. The Bertz CT molecular complexity index is 986. The van der Waals surface area contributed by atoms with Crippen LogP contribution in [0.1, 0.15) is 0 Å². The SMILES string of the molecule is O=S(=O)(Oc1nc2c(Cl)cccc2n2ncnc12)C(F)(F)F. The lowest BCUT2D eigenvalue weighted by molar-refractivity contribution is -0.0500. The molecule has 3 aromatic rings. The van der Waals surface area contributed by atoms with Crippen molar-refractivity contribution >= 4 is 38.4 Å². The number of rotatable bonds is 2. The van der Waals surface area contributed by atoms with Gasteiger partial charge in [0.25, 0.3) is 5.88 Å². The predicted octanol–water partition coefficient (Wildman–Crippen LogP) is 2.16. The lowest BCUT2D eigenvalue weighted by Crippen LogP contribution is -2.28. The lowest BCUT2D eigenvalue weighted by atomic mass is 10.3. The van der Waals surface area contributed by atoms with Crippen LogP contribution in [-0.2, 0) is 10.1 Å². The summed E-state index contributed by atoms with van der Waals surface area (Å²) in [6, 6.07) is 4.54. The molecule has 22 heavy (non-hydrogen) atoms. The molecule has 0 radical (unpaired) electrons. The van der Waals surface area contributed by atoms with Crippen molar-refractivity contribution < 1.29 is 25.8 Å². The van der Waals surface area contributed by atoms with Crippen molar-refractivity contribution in [2.45, 2.75) is 5.51 Å². The number of para-hydroxylation sites is 1. The highest BCUT2D eigenvalue weighted by Gasteiger charge is 2.49. The summed E-state index contributed by atoms with van der Waals surface area (Å²) in [5, 5.41) is 3.88. The van der Waals surface area contributed by atoms with Crippen molar-refractivity contribution in [2.75, 3.05) is 0 Å². The molecule has 2 heterocycles. The molecule has 0 aliphatic rings. The largest absolute Gasteiger partial charge is 0.534 e. The molecule has 0 spiro atoms. The zero-order chi connectivity index (χ0) is 16.1. The van der Waals surface area contributed by atoms with E-state index in [0.29, 0.717) is 5.52 Å². The maximum Gasteiger partial charge on any atom is 0.534 e. The highest BCUT2D eigenvalue weighted by molar-refractivity contribution is 7.88. The van der Waals surface area contributed by atoms with Crippen molar-refractivity contribution in [1.82, 2.24) is 19.6 Å². The van der Waals surface area contributed by atoms with E-state index in [4.69, 9.17) is 11.6 Å². The molecule has 3 rings (SSSR count). The zero-order valence-corrected chi connectivity index (χ0v) is 11.8. The van der Waals surface area contributed by atoms with Gasteiger partial charge in [-0.3, -0.25) is 0 Å². The fourth-order valence-corrected chi connectivity index (χ4v) is 2.33. The fraction of sp³-hybridized carbons (Fsp3) is 0.100. The number of aromatic nitrogens is 4. The summed E-state index contributed by atoms with van der Waals surface area (Å²) < 4.78 is 64.7. The van der Waals surface area contributed by atoms with E-state index < -0.39 is 21.5 Å². The monoisotopic (exact) mass is 352 g/mol. The summed E-state index contributed by atoms with van der Waals surface area (Å²) in [6.07, 6.45) is 1.02. The minimum Gasteiger partial charge on any atom is -0.351 e. The van der Waals surface area contributed by atoms with Crippen LogP contribution in [0.2, 0.25) is 5.02 Å². The first-order valence-electron chi connectivity index (χ1n) is 5.49. The van der Waals surface area contributed by atoms with E-state index in [1.807, 2.05) is 0 Å². The van der Waals surface area contributed by atoms with Gasteiger partial charge in [-0.25, -0.2) is 14.5 Å². The maximum atomic E-state index is 12.4. The highest BCUT2D eigenvalue weighted by atomic mass is 35.5. The molecule has 0 amide bonds. The van der Waals surface area contributed by atoms with Gasteiger partial charge in [-0.15, -0.1) is 0 Å². The van der Waals surface area contributed by atoms with E-state index in [-0.39, 0.29) is 16.2 Å². The molecule has 0 saturated carbocycles. The number of fused-ring (bicyclic) bond motifs is 3. The number of halogens is 4. The average Bonchev–Trinajstić information content (AvgIpc) is 2.88. The third-order valence-corrected chi connectivity index (χ3v) is 3.87. The van der Waals surface area contributed by atoms with E-state index in [2.05, 4.69) is 19.2 Å². The first kappa shape index (κ1) is 14.8. The molecule has 0 atom stereocenters. The molecular weight excluding hydrogens is 349 g/mol. The molecule has 0 aliphatic carbocycles. The van der Waals surface area contributed by atoms with E-state index >= 15 is 0 Å². The highest BCUT2D eigenvalue weighted by Crippen LogP contribution is 2.30. The molecule has 7 nitrogen and oxygen atoms in total. The van der Waals surface area contributed by atoms with E-state index in [1.165, 1.54) is 12.1 Å². The number of alkyl halides is 3. The van der Waals surface area contributed by atoms with Crippen molar-refractivity contribution in [3.8, 4) is 5.88 Å². The Morgan fingerprint density at radius 1 is 1.27 bits per heavy atom. The minimum absolute atomic E-state index is 0.0227. The molecular formula is C10H4ClF3N4O3S. The van der Waals surface area contributed by atoms with Gasteiger partial charge in [0.2, 0.25) is 5.65 Å². The van der Waals surface area contributed by atoms with Crippen LogP contribution in [0.25, 0.3) is 16.7 Å². The molecule has 0 fully saturated rings. The van der Waals surface area contributed by atoms with Crippen LogP contribution in [0.15, 0.2) is 24.5 Å². The van der Waals surface area contributed by atoms with Crippen molar-refractivity contribution in [2.24, 2.45) is 0 Å². The van der Waals surface area contributed by atoms with Crippen LogP contribution in [-0.4, -0.2) is 33.5 Å². The third kappa shape index (κ3) is 2.22. The summed E-state index contributed by atoms with van der Waals surface area (Å²) in [4.78, 5) is 7.37. The fourth-order valence-electron chi connectivity index (χ4n) is 1.71. The Balaban J connectivity index is 2.29. The lowest BCUT2D eigenvalue weighted by Gasteiger charge is -2.10. The van der Waals surface area contributed by atoms with Crippen molar-refractivity contribution in [1.29, 1.82) is 0 Å². The van der Waals surface area contributed by atoms with Gasteiger partial charge in [0.05, 0.1) is 10.5 Å². The van der Waals surface area contributed by atoms with Gasteiger partial charge in [-0.2, -0.15) is 26.7 Å². The van der Waals surface area contributed by atoms with Crippen molar-refractivity contribution in [3.05, 3.63) is 29.5 Å². The molecule has 0 N–H and O–H groups in total. The number of hydrogen-bond acceptors (Lipinski definition) is 6. The van der Waals surface area contributed by atoms with E-state index in [9.17, 15) is 21.6 Å². The molecule has 1 aromatic carbocycles. The number of benzene rings is 1. The molecule has 0 bridgehead atoms. The number of hydrogen-bond donors (Lipinski definition) is 0. The normalized spacial score (nSPS) is 12.9. The summed E-state index contributed by atoms with van der Waals surface area (Å²) in [6.45, 7) is 0. The molecule has 116 valence electrons. The van der Waals surface area contributed by atoms with E-state index in [1.54, 1.807) is 6.07 Å². The molecule has 0 aliphatic heterocycles. The topological polar surface area (TPSA) is 86.5 Å². The van der Waals surface area contributed by atoms with Gasteiger partial charge in [0.15, 0.2) is 0 Å². The smallest absolute Gasteiger partial charge is 0.351 e. The second kappa shape index (κ2) is 4.68. The summed E-state index contributed by atoms with van der Waals surface area (Å²) in [7, 11) is -5.89. The van der Waals surface area contributed by atoms with Gasteiger partial charge >= 0.3 is 15.6 Å². The van der Waals surface area contributed by atoms with Crippen LogP contribution >= 0.6 is 11.6 Å². The predicted molar refractivity (Wildman–Crippen MR) is 68.9 cm³/mol. The summed E-state index contributed by atoms with van der Waals surface area (Å²) in [5.41, 5.74) is -5.53. The van der Waals surface area contributed by atoms with Gasteiger partial charge in [0, 0.05) is 0 Å². The van der Waals surface area contributed by atoms with Crippen LogP contribution in [0, 0.1) is 0 Å². The Morgan fingerprint density at radius 2 is 2.00 bits per heavy atom. The minimum atomic E-state index is -5.89. The molecule has 2 aromatic heterocycles.